The van der Waals surface area contributed by atoms with E-state index in [2.05, 4.69) is 11.1 Å². The van der Waals surface area contributed by atoms with Crippen molar-refractivity contribution in [3.05, 3.63) is 29.6 Å². The van der Waals surface area contributed by atoms with Crippen LogP contribution in [0.3, 0.4) is 0 Å². The molecule has 0 bridgehead atoms. The van der Waals surface area contributed by atoms with Gasteiger partial charge in [0, 0.05) is 17.8 Å². The van der Waals surface area contributed by atoms with Crippen molar-refractivity contribution in [3.63, 3.8) is 0 Å². The van der Waals surface area contributed by atoms with Crippen molar-refractivity contribution >= 4 is 5.97 Å². The molecule has 0 amide bonds. The molecule has 0 aliphatic heterocycles. The summed E-state index contributed by atoms with van der Waals surface area (Å²) in [4.78, 5) is 15.9. The molecule has 0 spiro atoms. The smallest absolute Gasteiger partial charge is 0.306 e. The molecular weight excluding hydrogens is 202 g/mol. The largest absolute Gasteiger partial charge is 0.466 e. The number of hydrogen-bond donors (Lipinski definition) is 0. The van der Waals surface area contributed by atoms with Crippen molar-refractivity contribution in [2.45, 2.75) is 38.5 Å². The second-order valence-electron chi connectivity index (χ2n) is 4.15. The van der Waals surface area contributed by atoms with Crippen molar-refractivity contribution in [2.24, 2.45) is 0 Å². The Morgan fingerprint density at radius 3 is 3.31 bits per heavy atom. The van der Waals surface area contributed by atoms with E-state index in [0.29, 0.717) is 13.0 Å². The molecule has 2 rings (SSSR count). The molecule has 1 aromatic rings. The predicted molar refractivity (Wildman–Crippen MR) is 61.2 cm³/mol. The number of rotatable bonds is 3. The second-order valence-corrected chi connectivity index (χ2v) is 4.15. The summed E-state index contributed by atoms with van der Waals surface area (Å²) < 4.78 is 4.99. The molecule has 0 fully saturated rings. The first-order valence-electron chi connectivity index (χ1n) is 5.90. The minimum Gasteiger partial charge on any atom is -0.466 e. The molecule has 0 unspecified atom stereocenters. The van der Waals surface area contributed by atoms with Gasteiger partial charge < -0.3 is 4.74 Å². The molecule has 0 saturated carbocycles. The minimum atomic E-state index is -0.106. The Kier molecular flexibility index (Phi) is 3.54. The highest BCUT2D eigenvalue weighted by molar-refractivity contribution is 5.70. The fourth-order valence-corrected chi connectivity index (χ4v) is 2.33. The highest BCUT2D eigenvalue weighted by Crippen LogP contribution is 2.32. The van der Waals surface area contributed by atoms with E-state index in [0.717, 1.165) is 25.0 Å². The van der Waals surface area contributed by atoms with Gasteiger partial charge in [0.2, 0.25) is 0 Å². The Morgan fingerprint density at radius 2 is 2.50 bits per heavy atom. The average Bonchev–Trinajstić information content (AvgIpc) is 2.30. The van der Waals surface area contributed by atoms with Crippen molar-refractivity contribution in [2.75, 3.05) is 6.61 Å². The summed E-state index contributed by atoms with van der Waals surface area (Å²) in [5.41, 5.74) is 2.39. The highest BCUT2D eigenvalue weighted by Gasteiger charge is 2.23. The number of esters is 1. The molecule has 1 aliphatic carbocycles. The lowest BCUT2D eigenvalue weighted by Crippen LogP contribution is -2.16. The number of aryl methyl sites for hydroxylation is 1. The van der Waals surface area contributed by atoms with Crippen LogP contribution in [0.25, 0.3) is 0 Å². The van der Waals surface area contributed by atoms with Crippen molar-refractivity contribution < 1.29 is 9.53 Å². The molecule has 86 valence electrons. The standard InChI is InChI=1S/C13H17NO2/c1-2-16-12(15)9-11-6-3-5-10-7-4-8-14-13(10)11/h4,7-8,11H,2-3,5-6,9H2,1H3/t11-/m0/s1. The molecular formula is C13H17NO2. The van der Waals surface area contributed by atoms with Crippen molar-refractivity contribution in [1.29, 1.82) is 0 Å². The van der Waals surface area contributed by atoms with Gasteiger partial charge in [0.15, 0.2) is 0 Å². The Labute approximate surface area is 95.8 Å². The number of pyridine rings is 1. The Hall–Kier alpha value is -1.38. The summed E-state index contributed by atoms with van der Waals surface area (Å²) >= 11 is 0. The SMILES string of the molecule is CCOC(=O)C[C@@H]1CCCc2cccnc21. The third-order valence-electron chi connectivity index (χ3n) is 3.03. The van der Waals surface area contributed by atoms with Crippen LogP contribution in [0.1, 0.15) is 43.4 Å². The molecule has 1 aromatic heterocycles. The zero-order valence-electron chi connectivity index (χ0n) is 9.61. The molecule has 1 aliphatic rings. The van der Waals surface area contributed by atoms with E-state index < -0.39 is 0 Å². The maximum Gasteiger partial charge on any atom is 0.306 e. The average molecular weight is 219 g/mol. The van der Waals surface area contributed by atoms with E-state index >= 15 is 0 Å². The first kappa shape index (κ1) is 11.1. The van der Waals surface area contributed by atoms with Gasteiger partial charge in [-0.2, -0.15) is 0 Å². The number of nitrogens with zero attached hydrogens (tertiary/aromatic N) is 1. The van der Waals surface area contributed by atoms with E-state index in [9.17, 15) is 4.79 Å². The van der Waals surface area contributed by atoms with Gasteiger partial charge in [-0.25, -0.2) is 0 Å². The van der Waals surface area contributed by atoms with Crippen LogP contribution in [-0.2, 0) is 16.0 Å². The molecule has 1 heterocycles. The number of hydrogen-bond acceptors (Lipinski definition) is 3. The maximum atomic E-state index is 11.5. The van der Waals surface area contributed by atoms with Crippen LogP contribution in [0.5, 0.6) is 0 Å². The predicted octanol–water partition coefficient (Wildman–Crippen LogP) is 2.45. The molecule has 3 nitrogen and oxygen atoms in total. The van der Waals surface area contributed by atoms with Gasteiger partial charge in [-0.15, -0.1) is 0 Å². The summed E-state index contributed by atoms with van der Waals surface area (Å²) in [5.74, 6) is 0.148. The number of fused-ring (bicyclic) bond motifs is 1. The molecule has 16 heavy (non-hydrogen) atoms. The Balaban J connectivity index is 2.10. The van der Waals surface area contributed by atoms with E-state index in [1.165, 1.54) is 5.56 Å². The first-order chi connectivity index (χ1) is 7.81. The normalized spacial score (nSPS) is 18.9. The van der Waals surface area contributed by atoms with Crippen molar-refractivity contribution in [1.82, 2.24) is 4.98 Å². The fourth-order valence-electron chi connectivity index (χ4n) is 2.33. The van der Waals surface area contributed by atoms with Gasteiger partial charge in [0.1, 0.15) is 0 Å². The third kappa shape index (κ3) is 2.40. The lowest BCUT2D eigenvalue weighted by molar-refractivity contribution is -0.143. The lowest BCUT2D eigenvalue weighted by Gasteiger charge is -2.23. The van der Waals surface area contributed by atoms with Gasteiger partial charge in [0.05, 0.1) is 13.0 Å². The maximum absolute atomic E-state index is 11.5. The number of aromatic nitrogens is 1. The Bertz CT molecular complexity index is 376. The summed E-state index contributed by atoms with van der Waals surface area (Å²) in [6, 6.07) is 4.07. The van der Waals surface area contributed by atoms with E-state index in [4.69, 9.17) is 4.74 Å². The van der Waals surface area contributed by atoms with Crippen LogP contribution in [-0.4, -0.2) is 17.6 Å². The summed E-state index contributed by atoms with van der Waals surface area (Å²) in [7, 11) is 0. The van der Waals surface area contributed by atoms with Gasteiger partial charge in [0.25, 0.3) is 0 Å². The van der Waals surface area contributed by atoms with Gasteiger partial charge >= 0.3 is 5.97 Å². The summed E-state index contributed by atoms with van der Waals surface area (Å²) in [6.07, 6.45) is 5.55. The van der Waals surface area contributed by atoms with Gasteiger partial charge in [-0.05, 0) is 37.8 Å². The first-order valence-corrected chi connectivity index (χ1v) is 5.90. The van der Waals surface area contributed by atoms with Gasteiger partial charge in [-0.3, -0.25) is 9.78 Å². The highest BCUT2D eigenvalue weighted by atomic mass is 16.5. The molecule has 0 N–H and O–H groups in total. The van der Waals surface area contributed by atoms with E-state index in [1.807, 2.05) is 19.2 Å². The summed E-state index contributed by atoms with van der Waals surface area (Å²) in [5, 5.41) is 0. The minimum absolute atomic E-state index is 0.106. The van der Waals surface area contributed by atoms with Crippen LogP contribution >= 0.6 is 0 Å². The molecule has 0 radical (unpaired) electrons. The molecule has 0 aromatic carbocycles. The topological polar surface area (TPSA) is 39.2 Å². The molecule has 0 saturated heterocycles. The number of ether oxygens (including phenoxy) is 1. The number of carbonyl (C=O) groups excluding carboxylic acids is 1. The monoisotopic (exact) mass is 219 g/mol. The summed E-state index contributed by atoms with van der Waals surface area (Å²) in [6.45, 7) is 2.30. The van der Waals surface area contributed by atoms with Crippen LogP contribution in [0, 0.1) is 0 Å². The fraction of sp³-hybridized carbons (Fsp3) is 0.538. The quantitative estimate of drug-likeness (QED) is 0.733. The Morgan fingerprint density at radius 1 is 1.62 bits per heavy atom. The van der Waals surface area contributed by atoms with Crippen LogP contribution in [0.4, 0.5) is 0 Å². The van der Waals surface area contributed by atoms with E-state index in [1.54, 1.807) is 0 Å². The second kappa shape index (κ2) is 5.10. The van der Waals surface area contributed by atoms with Crippen molar-refractivity contribution in [3.8, 4) is 0 Å². The van der Waals surface area contributed by atoms with Gasteiger partial charge in [-0.1, -0.05) is 6.07 Å². The zero-order chi connectivity index (χ0) is 11.4. The molecule has 1 atom stereocenters. The lowest BCUT2D eigenvalue weighted by atomic mass is 9.85. The van der Waals surface area contributed by atoms with Crippen LogP contribution < -0.4 is 0 Å². The van der Waals surface area contributed by atoms with Crippen LogP contribution in [0.2, 0.25) is 0 Å². The van der Waals surface area contributed by atoms with E-state index in [-0.39, 0.29) is 11.9 Å². The molecule has 3 heteroatoms. The van der Waals surface area contributed by atoms with Crippen LogP contribution in [0.15, 0.2) is 18.3 Å². The number of carbonyl (C=O) groups is 1. The zero-order valence-corrected chi connectivity index (χ0v) is 9.61. The third-order valence-corrected chi connectivity index (χ3v) is 3.03.